The number of aliphatic hydroxyl groups is 1. The summed E-state index contributed by atoms with van der Waals surface area (Å²) < 4.78 is 6.60. The molecule has 1 unspecified atom stereocenters. The molecule has 1 fully saturated rings. The van der Waals surface area contributed by atoms with Crippen LogP contribution in [0.15, 0.2) is 113 Å². The van der Waals surface area contributed by atoms with Gasteiger partial charge in [0.05, 0.1) is 11.6 Å². The van der Waals surface area contributed by atoms with Gasteiger partial charge in [0.2, 0.25) is 5.13 Å². The number of ether oxygens (including phenoxy) is 1. The van der Waals surface area contributed by atoms with Crippen molar-refractivity contribution in [2.75, 3.05) is 4.90 Å². The van der Waals surface area contributed by atoms with E-state index in [1.54, 1.807) is 24.3 Å². The maximum Gasteiger partial charge on any atom is 0.301 e. The SMILES string of the molecule is Cc1ccc(CSc2nnc(N3C(=O)C(=O)/C(=C(/O)c4ccc(OCc5cccc(C)c5)cc4)C3c3ccccc3)s2)cc1. The summed E-state index contributed by atoms with van der Waals surface area (Å²) in [7, 11) is 0. The van der Waals surface area contributed by atoms with E-state index in [1.165, 1.54) is 33.6 Å². The zero-order valence-corrected chi connectivity index (χ0v) is 25.8. The summed E-state index contributed by atoms with van der Waals surface area (Å²) in [5.41, 5.74) is 5.62. The van der Waals surface area contributed by atoms with Crippen LogP contribution in [0.5, 0.6) is 5.75 Å². The zero-order valence-electron chi connectivity index (χ0n) is 24.1. The van der Waals surface area contributed by atoms with E-state index in [-0.39, 0.29) is 11.3 Å². The molecule has 0 saturated carbocycles. The van der Waals surface area contributed by atoms with Gasteiger partial charge in [-0.05, 0) is 54.8 Å². The molecule has 0 bridgehead atoms. The fourth-order valence-electron chi connectivity index (χ4n) is 5.00. The summed E-state index contributed by atoms with van der Waals surface area (Å²) in [4.78, 5) is 28.3. The minimum Gasteiger partial charge on any atom is -0.507 e. The van der Waals surface area contributed by atoms with Gasteiger partial charge in [0.15, 0.2) is 4.34 Å². The Labute approximate surface area is 263 Å². The first-order chi connectivity index (χ1) is 21.4. The van der Waals surface area contributed by atoms with E-state index in [0.717, 1.165) is 16.7 Å². The number of rotatable bonds is 9. The molecule has 1 saturated heterocycles. The second-order valence-electron chi connectivity index (χ2n) is 10.5. The predicted octanol–water partition coefficient (Wildman–Crippen LogP) is 7.65. The number of Topliss-reactive ketones (excluding diaryl/α,β-unsaturated/α-hetero) is 1. The molecule has 2 heterocycles. The van der Waals surface area contributed by atoms with Crippen molar-refractivity contribution in [2.45, 2.75) is 36.6 Å². The van der Waals surface area contributed by atoms with Crippen LogP contribution >= 0.6 is 23.1 Å². The highest BCUT2D eigenvalue weighted by Crippen LogP contribution is 2.44. The Morgan fingerprint density at radius 1 is 0.864 bits per heavy atom. The van der Waals surface area contributed by atoms with Crippen molar-refractivity contribution in [1.29, 1.82) is 0 Å². The van der Waals surface area contributed by atoms with Gasteiger partial charge in [-0.25, -0.2) is 0 Å². The number of benzene rings is 4. The highest BCUT2D eigenvalue weighted by molar-refractivity contribution is 8.00. The fraction of sp³-hybridized carbons (Fsp3) is 0.143. The first-order valence-corrected chi connectivity index (χ1v) is 15.8. The van der Waals surface area contributed by atoms with Gasteiger partial charge in [0.25, 0.3) is 5.78 Å². The number of aryl methyl sites for hydroxylation is 2. The monoisotopic (exact) mass is 619 g/mol. The highest BCUT2D eigenvalue weighted by atomic mass is 32.2. The molecular weight excluding hydrogens is 591 g/mol. The van der Waals surface area contributed by atoms with Crippen molar-refractivity contribution in [3.8, 4) is 5.75 Å². The van der Waals surface area contributed by atoms with Crippen molar-refractivity contribution >= 4 is 45.7 Å². The van der Waals surface area contributed by atoms with Gasteiger partial charge in [-0.1, -0.05) is 113 Å². The number of carbonyl (C=O) groups is 2. The van der Waals surface area contributed by atoms with Crippen molar-refractivity contribution in [3.63, 3.8) is 0 Å². The van der Waals surface area contributed by atoms with E-state index in [9.17, 15) is 14.7 Å². The normalized spacial score (nSPS) is 16.0. The van der Waals surface area contributed by atoms with Gasteiger partial charge in [-0.3, -0.25) is 14.5 Å². The predicted molar refractivity (Wildman–Crippen MR) is 174 cm³/mol. The molecule has 220 valence electrons. The van der Waals surface area contributed by atoms with Crippen LogP contribution in [0, 0.1) is 13.8 Å². The standard InChI is InChI=1S/C35H29N3O4S2/c1-22-11-13-24(14-12-22)21-43-35-37-36-34(44-35)38-30(26-9-4-3-5-10-26)29(32(40)33(38)41)31(39)27-15-17-28(18-16-27)42-20-25-8-6-7-23(2)19-25/h3-19,30,39H,20-21H2,1-2H3/b31-29+. The van der Waals surface area contributed by atoms with Gasteiger partial charge in [-0.15, -0.1) is 10.2 Å². The van der Waals surface area contributed by atoms with E-state index < -0.39 is 17.7 Å². The number of thioether (sulfide) groups is 1. The Hall–Kier alpha value is -4.73. The molecule has 1 aliphatic rings. The minimum atomic E-state index is -0.864. The second-order valence-corrected chi connectivity index (χ2v) is 12.7. The number of anilines is 1. The number of ketones is 1. The number of amides is 1. The molecular formula is C35H29N3O4S2. The highest BCUT2D eigenvalue weighted by Gasteiger charge is 2.48. The van der Waals surface area contributed by atoms with Crippen LogP contribution in [0.3, 0.4) is 0 Å². The van der Waals surface area contributed by atoms with Crippen molar-refractivity contribution < 1.29 is 19.4 Å². The Morgan fingerprint density at radius 2 is 1.61 bits per heavy atom. The number of aromatic nitrogens is 2. The lowest BCUT2D eigenvalue weighted by atomic mass is 9.95. The summed E-state index contributed by atoms with van der Waals surface area (Å²) in [5, 5.41) is 20.4. The smallest absolute Gasteiger partial charge is 0.301 e. The summed E-state index contributed by atoms with van der Waals surface area (Å²) in [6, 6.07) is 31.5. The molecule has 1 atom stereocenters. The lowest BCUT2D eigenvalue weighted by molar-refractivity contribution is -0.132. The van der Waals surface area contributed by atoms with E-state index in [1.807, 2.05) is 62.4 Å². The van der Waals surface area contributed by atoms with Crippen molar-refractivity contribution in [1.82, 2.24) is 10.2 Å². The average molecular weight is 620 g/mol. The van der Waals surface area contributed by atoms with Crippen molar-refractivity contribution in [2.24, 2.45) is 0 Å². The molecule has 44 heavy (non-hydrogen) atoms. The van der Waals surface area contributed by atoms with Crippen LogP contribution in [0.2, 0.25) is 0 Å². The van der Waals surface area contributed by atoms with E-state index in [4.69, 9.17) is 4.74 Å². The first kappa shape index (κ1) is 29.3. The summed E-state index contributed by atoms with van der Waals surface area (Å²) in [6.45, 7) is 4.48. The zero-order chi connectivity index (χ0) is 30.6. The quantitative estimate of drug-likeness (QED) is 0.0596. The first-order valence-electron chi connectivity index (χ1n) is 14.0. The maximum absolute atomic E-state index is 13.5. The third-order valence-electron chi connectivity index (χ3n) is 7.26. The molecule has 0 radical (unpaired) electrons. The molecule has 0 aliphatic carbocycles. The molecule has 7 nitrogen and oxygen atoms in total. The van der Waals surface area contributed by atoms with Crippen LogP contribution in [-0.4, -0.2) is 27.0 Å². The van der Waals surface area contributed by atoms with Crippen LogP contribution < -0.4 is 9.64 Å². The van der Waals surface area contributed by atoms with Crippen LogP contribution in [0.1, 0.15) is 39.4 Å². The molecule has 1 aliphatic heterocycles. The molecule has 4 aromatic carbocycles. The third kappa shape index (κ3) is 6.29. The Morgan fingerprint density at radius 3 is 2.34 bits per heavy atom. The van der Waals surface area contributed by atoms with Crippen LogP contribution in [0.4, 0.5) is 5.13 Å². The van der Waals surface area contributed by atoms with Crippen LogP contribution in [-0.2, 0) is 21.9 Å². The second kappa shape index (κ2) is 12.9. The number of aliphatic hydroxyl groups excluding tert-OH is 1. The van der Waals surface area contributed by atoms with Gasteiger partial charge in [0.1, 0.15) is 18.1 Å². The Bertz CT molecular complexity index is 1830. The fourth-order valence-corrected chi connectivity index (χ4v) is 6.82. The largest absolute Gasteiger partial charge is 0.507 e. The molecule has 1 amide bonds. The van der Waals surface area contributed by atoms with Gasteiger partial charge in [0, 0.05) is 11.3 Å². The topological polar surface area (TPSA) is 92.6 Å². The van der Waals surface area contributed by atoms with Gasteiger partial charge in [-0.2, -0.15) is 0 Å². The van der Waals surface area contributed by atoms with E-state index in [2.05, 4.69) is 40.5 Å². The summed E-state index contributed by atoms with van der Waals surface area (Å²) in [5.74, 6) is -0.485. The average Bonchev–Trinajstić information content (AvgIpc) is 3.62. The minimum absolute atomic E-state index is 0.00122. The number of hydrogen-bond donors (Lipinski definition) is 1. The summed E-state index contributed by atoms with van der Waals surface area (Å²) >= 11 is 2.76. The van der Waals surface area contributed by atoms with Gasteiger partial charge < -0.3 is 9.84 Å². The molecule has 9 heteroatoms. The lowest BCUT2D eigenvalue weighted by Gasteiger charge is -2.22. The van der Waals surface area contributed by atoms with Crippen LogP contribution in [0.25, 0.3) is 5.76 Å². The Balaban J connectivity index is 1.27. The summed E-state index contributed by atoms with van der Waals surface area (Å²) in [6.07, 6.45) is 0. The molecule has 1 aromatic heterocycles. The number of nitrogens with zero attached hydrogens (tertiary/aromatic N) is 3. The Kier molecular flexibility index (Phi) is 8.58. The third-order valence-corrected chi connectivity index (χ3v) is 9.39. The number of hydrogen-bond acceptors (Lipinski definition) is 8. The van der Waals surface area contributed by atoms with Crippen molar-refractivity contribution in [3.05, 3.63) is 142 Å². The molecule has 0 spiro atoms. The van der Waals surface area contributed by atoms with E-state index in [0.29, 0.717) is 38.7 Å². The molecule has 5 aromatic rings. The molecule has 6 rings (SSSR count). The van der Waals surface area contributed by atoms with Gasteiger partial charge >= 0.3 is 5.91 Å². The maximum atomic E-state index is 13.5. The lowest BCUT2D eigenvalue weighted by Crippen LogP contribution is -2.29. The van der Waals surface area contributed by atoms with E-state index >= 15 is 0 Å². The number of carbonyl (C=O) groups excluding carboxylic acids is 2. The molecule has 1 N–H and O–H groups in total.